The molecule has 1 aromatic carbocycles. The van der Waals surface area contributed by atoms with Crippen LogP contribution in [0.25, 0.3) is 0 Å². The molecule has 24 heavy (non-hydrogen) atoms. The van der Waals surface area contributed by atoms with Gasteiger partial charge in [-0.15, -0.1) is 0 Å². The van der Waals surface area contributed by atoms with Gasteiger partial charge in [-0.3, -0.25) is 4.79 Å². The van der Waals surface area contributed by atoms with E-state index in [4.69, 9.17) is 4.74 Å². The number of methoxy groups -OCH3 is 1. The van der Waals surface area contributed by atoms with E-state index in [1.807, 2.05) is 13.8 Å². The van der Waals surface area contributed by atoms with Crippen LogP contribution in [0.5, 0.6) is 0 Å². The Morgan fingerprint density at radius 1 is 1.12 bits per heavy atom. The van der Waals surface area contributed by atoms with E-state index in [9.17, 15) is 13.2 Å². The number of benzene rings is 1. The molecule has 0 heterocycles. The summed E-state index contributed by atoms with van der Waals surface area (Å²) in [6, 6.07) is 6.10. The summed E-state index contributed by atoms with van der Waals surface area (Å²) in [6.07, 6.45) is 2.26. The minimum atomic E-state index is -3.51. The van der Waals surface area contributed by atoms with Gasteiger partial charge < -0.3 is 10.1 Å². The molecule has 0 atom stereocenters. The van der Waals surface area contributed by atoms with Crippen LogP contribution < -0.4 is 5.32 Å². The average molecular weight is 356 g/mol. The third kappa shape index (κ3) is 5.89. The standard InChI is InChI=1S/C17H28N2O4S/c1-4-12-19(13-5-2)24(21,22)16-9-7-15(8-10-16)17(20)18-11-6-14-23-3/h7-10H,4-6,11-14H2,1-3H3,(H,18,20). The van der Waals surface area contributed by atoms with Crippen molar-refractivity contribution in [3.05, 3.63) is 29.8 Å². The molecule has 1 N–H and O–H groups in total. The Hall–Kier alpha value is -1.44. The minimum Gasteiger partial charge on any atom is -0.385 e. The molecule has 0 saturated carbocycles. The van der Waals surface area contributed by atoms with Crippen molar-refractivity contribution in [2.75, 3.05) is 33.4 Å². The molecule has 0 saturated heterocycles. The zero-order chi connectivity index (χ0) is 18.0. The molecule has 0 aliphatic rings. The molecule has 0 aliphatic carbocycles. The summed E-state index contributed by atoms with van der Waals surface area (Å²) in [6.45, 7) is 6.01. The van der Waals surface area contributed by atoms with Gasteiger partial charge in [-0.25, -0.2) is 8.42 Å². The topological polar surface area (TPSA) is 75.7 Å². The van der Waals surface area contributed by atoms with E-state index in [-0.39, 0.29) is 10.8 Å². The molecular formula is C17H28N2O4S. The maximum atomic E-state index is 12.6. The molecule has 0 aliphatic heterocycles. The number of carbonyl (C=O) groups excluding carboxylic acids is 1. The van der Waals surface area contributed by atoms with Crippen molar-refractivity contribution >= 4 is 15.9 Å². The van der Waals surface area contributed by atoms with Crippen LogP contribution in [-0.4, -0.2) is 52.0 Å². The van der Waals surface area contributed by atoms with Crippen LogP contribution in [0, 0.1) is 0 Å². The van der Waals surface area contributed by atoms with Crippen LogP contribution in [0.15, 0.2) is 29.2 Å². The molecule has 0 aromatic heterocycles. The van der Waals surface area contributed by atoms with Crippen molar-refractivity contribution in [3.63, 3.8) is 0 Å². The van der Waals surface area contributed by atoms with Crippen molar-refractivity contribution < 1.29 is 17.9 Å². The Morgan fingerprint density at radius 2 is 1.71 bits per heavy atom. The molecule has 0 radical (unpaired) electrons. The first-order valence-corrected chi connectivity index (χ1v) is 9.78. The fourth-order valence-corrected chi connectivity index (χ4v) is 3.92. The van der Waals surface area contributed by atoms with Crippen LogP contribution in [0.4, 0.5) is 0 Å². The monoisotopic (exact) mass is 356 g/mol. The highest BCUT2D eigenvalue weighted by Crippen LogP contribution is 2.17. The molecule has 136 valence electrons. The zero-order valence-electron chi connectivity index (χ0n) is 14.7. The first-order valence-electron chi connectivity index (χ1n) is 8.34. The molecule has 1 aromatic rings. The summed E-state index contributed by atoms with van der Waals surface area (Å²) < 4.78 is 31.7. The highest BCUT2D eigenvalue weighted by Gasteiger charge is 2.23. The Bertz CT molecular complexity index is 594. The van der Waals surface area contributed by atoms with Crippen LogP contribution in [-0.2, 0) is 14.8 Å². The van der Waals surface area contributed by atoms with E-state index in [0.717, 1.165) is 19.3 Å². The van der Waals surface area contributed by atoms with Crippen molar-refractivity contribution in [2.45, 2.75) is 38.0 Å². The largest absolute Gasteiger partial charge is 0.385 e. The lowest BCUT2D eigenvalue weighted by molar-refractivity contribution is 0.0948. The normalized spacial score (nSPS) is 11.7. The molecule has 0 unspecified atom stereocenters. The fourth-order valence-electron chi connectivity index (χ4n) is 2.30. The molecule has 1 amide bonds. The molecule has 0 bridgehead atoms. The second-order valence-electron chi connectivity index (χ2n) is 5.53. The van der Waals surface area contributed by atoms with Gasteiger partial charge in [0, 0.05) is 38.9 Å². The van der Waals surface area contributed by atoms with Gasteiger partial charge >= 0.3 is 0 Å². The number of carbonyl (C=O) groups is 1. The van der Waals surface area contributed by atoms with Crippen LogP contribution in [0.2, 0.25) is 0 Å². The number of nitrogens with one attached hydrogen (secondary N) is 1. The van der Waals surface area contributed by atoms with Crippen molar-refractivity contribution in [1.29, 1.82) is 0 Å². The Labute approximate surface area is 145 Å². The third-order valence-electron chi connectivity index (χ3n) is 3.51. The van der Waals surface area contributed by atoms with Crippen molar-refractivity contribution in [2.24, 2.45) is 0 Å². The Balaban J connectivity index is 2.79. The van der Waals surface area contributed by atoms with Crippen LogP contribution in [0.1, 0.15) is 43.5 Å². The molecule has 1 rings (SSSR count). The number of sulfonamides is 1. The lowest BCUT2D eigenvalue weighted by Crippen LogP contribution is -2.32. The smallest absolute Gasteiger partial charge is 0.251 e. The van der Waals surface area contributed by atoms with Crippen molar-refractivity contribution in [3.8, 4) is 0 Å². The highest BCUT2D eigenvalue weighted by molar-refractivity contribution is 7.89. The first kappa shape index (κ1) is 20.6. The van der Waals surface area contributed by atoms with E-state index >= 15 is 0 Å². The quantitative estimate of drug-likeness (QED) is 0.617. The van der Waals surface area contributed by atoms with Gasteiger partial charge in [0.1, 0.15) is 0 Å². The van der Waals surface area contributed by atoms with Gasteiger partial charge in [0.15, 0.2) is 0 Å². The number of ether oxygens (including phenoxy) is 1. The number of amides is 1. The molecule has 0 fully saturated rings. The fraction of sp³-hybridized carbons (Fsp3) is 0.588. The molecule has 0 spiro atoms. The number of hydrogen-bond donors (Lipinski definition) is 1. The first-order chi connectivity index (χ1) is 11.5. The van der Waals surface area contributed by atoms with Gasteiger partial charge in [-0.1, -0.05) is 13.8 Å². The van der Waals surface area contributed by atoms with E-state index in [0.29, 0.717) is 31.8 Å². The molecular weight excluding hydrogens is 328 g/mol. The van der Waals surface area contributed by atoms with E-state index < -0.39 is 10.0 Å². The number of nitrogens with zero attached hydrogens (tertiary/aromatic N) is 1. The summed E-state index contributed by atoms with van der Waals surface area (Å²) in [5, 5.41) is 2.78. The van der Waals surface area contributed by atoms with Crippen LogP contribution >= 0.6 is 0 Å². The Morgan fingerprint density at radius 3 is 2.21 bits per heavy atom. The van der Waals surface area contributed by atoms with Gasteiger partial charge in [0.2, 0.25) is 10.0 Å². The summed E-state index contributed by atoms with van der Waals surface area (Å²) in [5.74, 6) is -0.214. The zero-order valence-corrected chi connectivity index (χ0v) is 15.6. The second kappa shape index (κ2) is 10.4. The number of hydrogen-bond acceptors (Lipinski definition) is 4. The van der Waals surface area contributed by atoms with Gasteiger partial charge in [-0.05, 0) is 43.5 Å². The van der Waals surface area contributed by atoms with E-state index in [2.05, 4.69) is 5.32 Å². The maximum Gasteiger partial charge on any atom is 0.251 e. The average Bonchev–Trinajstić information content (AvgIpc) is 2.58. The van der Waals surface area contributed by atoms with Gasteiger partial charge in [-0.2, -0.15) is 4.31 Å². The summed E-state index contributed by atoms with van der Waals surface area (Å²) in [4.78, 5) is 12.2. The molecule has 7 heteroatoms. The van der Waals surface area contributed by atoms with Crippen LogP contribution in [0.3, 0.4) is 0 Å². The summed E-state index contributed by atoms with van der Waals surface area (Å²) in [5.41, 5.74) is 0.448. The summed E-state index contributed by atoms with van der Waals surface area (Å²) in [7, 11) is -1.89. The van der Waals surface area contributed by atoms with Gasteiger partial charge in [0.25, 0.3) is 5.91 Å². The highest BCUT2D eigenvalue weighted by atomic mass is 32.2. The Kier molecular flexibility index (Phi) is 8.95. The minimum absolute atomic E-state index is 0.214. The maximum absolute atomic E-state index is 12.6. The molecule has 6 nitrogen and oxygen atoms in total. The van der Waals surface area contributed by atoms with Crippen molar-refractivity contribution in [1.82, 2.24) is 9.62 Å². The number of rotatable bonds is 11. The van der Waals surface area contributed by atoms with Gasteiger partial charge in [0.05, 0.1) is 4.90 Å². The third-order valence-corrected chi connectivity index (χ3v) is 5.42. The van der Waals surface area contributed by atoms with E-state index in [1.54, 1.807) is 19.2 Å². The predicted octanol–water partition coefficient (Wildman–Crippen LogP) is 2.26. The summed E-state index contributed by atoms with van der Waals surface area (Å²) >= 11 is 0. The predicted molar refractivity (Wildman–Crippen MR) is 94.6 cm³/mol. The lowest BCUT2D eigenvalue weighted by atomic mass is 10.2. The van der Waals surface area contributed by atoms with E-state index in [1.165, 1.54) is 16.4 Å². The SMILES string of the molecule is CCCN(CCC)S(=O)(=O)c1ccc(C(=O)NCCCOC)cc1. The second-order valence-corrected chi connectivity index (χ2v) is 7.47. The lowest BCUT2D eigenvalue weighted by Gasteiger charge is -2.21.